The molecule has 122 valence electrons. The smallest absolute Gasteiger partial charge is 0.137 e. The summed E-state index contributed by atoms with van der Waals surface area (Å²) in [7, 11) is 1.63. The van der Waals surface area contributed by atoms with E-state index in [2.05, 4.69) is 20.9 Å². The van der Waals surface area contributed by atoms with Crippen molar-refractivity contribution >= 4 is 11.6 Å². The van der Waals surface area contributed by atoms with Crippen molar-refractivity contribution in [1.82, 2.24) is 14.7 Å². The Morgan fingerprint density at radius 3 is 2.74 bits per heavy atom. The molecule has 23 heavy (non-hydrogen) atoms. The van der Waals surface area contributed by atoms with Crippen molar-refractivity contribution in [3.05, 3.63) is 35.6 Å². The predicted octanol–water partition coefficient (Wildman–Crippen LogP) is 3.55. The minimum absolute atomic E-state index is 0.634. The Bertz CT molecular complexity index is 691. The second-order valence-corrected chi connectivity index (χ2v) is 7.11. The van der Waals surface area contributed by atoms with E-state index < -0.39 is 0 Å². The maximum atomic E-state index is 6.23. The van der Waals surface area contributed by atoms with Crippen LogP contribution in [0.1, 0.15) is 12.8 Å². The van der Waals surface area contributed by atoms with Gasteiger partial charge < -0.3 is 9.64 Å². The average Bonchev–Trinajstić information content (AvgIpc) is 3.04. The summed E-state index contributed by atoms with van der Waals surface area (Å²) in [6, 6.07) is 5.87. The third-order valence-corrected chi connectivity index (χ3v) is 5.63. The van der Waals surface area contributed by atoms with Gasteiger partial charge in [-0.05, 0) is 55.5 Å². The van der Waals surface area contributed by atoms with Crippen LogP contribution >= 0.6 is 11.6 Å². The predicted molar refractivity (Wildman–Crippen MR) is 91.9 cm³/mol. The molecule has 0 amide bonds. The molecule has 1 atom stereocenters. The van der Waals surface area contributed by atoms with Crippen molar-refractivity contribution in [1.29, 1.82) is 0 Å². The first-order valence-corrected chi connectivity index (χ1v) is 8.69. The quantitative estimate of drug-likeness (QED) is 0.858. The van der Waals surface area contributed by atoms with Crippen LogP contribution in [0.15, 0.2) is 30.6 Å². The molecule has 0 saturated carbocycles. The van der Waals surface area contributed by atoms with E-state index in [0.717, 1.165) is 29.5 Å². The topological polar surface area (TPSA) is 30.3 Å². The van der Waals surface area contributed by atoms with Crippen molar-refractivity contribution in [2.45, 2.75) is 19.4 Å². The number of ether oxygens (including phenoxy) is 1. The Morgan fingerprint density at radius 1 is 1.26 bits per heavy atom. The molecular formula is C18H22ClN3O. The molecule has 4 nitrogen and oxygen atoms in total. The lowest BCUT2D eigenvalue weighted by Crippen LogP contribution is -2.48. The highest BCUT2D eigenvalue weighted by atomic mass is 35.5. The molecule has 3 fully saturated rings. The first-order chi connectivity index (χ1) is 11.2. The third kappa shape index (κ3) is 2.98. The summed E-state index contributed by atoms with van der Waals surface area (Å²) in [6.07, 6.45) is 6.77. The second-order valence-electron chi connectivity index (χ2n) is 6.70. The van der Waals surface area contributed by atoms with Crippen molar-refractivity contribution in [3.8, 4) is 16.9 Å². The number of hydrogen-bond donors (Lipinski definition) is 0. The van der Waals surface area contributed by atoms with E-state index in [1.165, 1.54) is 32.5 Å². The van der Waals surface area contributed by atoms with E-state index >= 15 is 0 Å². The lowest BCUT2D eigenvalue weighted by molar-refractivity contribution is 0.0405. The molecule has 1 aromatic heterocycles. The molecule has 1 unspecified atom stereocenters. The first kappa shape index (κ1) is 15.0. The van der Waals surface area contributed by atoms with E-state index in [1.807, 2.05) is 24.4 Å². The molecular weight excluding hydrogens is 310 g/mol. The van der Waals surface area contributed by atoms with E-state index in [4.69, 9.17) is 16.3 Å². The fourth-order valence-corrected chi connectivity index (χ4v) is 4.25. The molecule has 3 saturated heterocycles. The van der Waals surface area contributed by atoms with Crippen LogP contribution in [0.5, 0.6) is 5.75 Å². The fraction of sp³-hybridized carbons (Fsp3) is 0.500. The Balaban J connectivity index is 1.49. The fourth-order valence-electron chi connectivity index (χ4n) is 3.99. The maximum absolute atomic E-state index is 6.23. The van der Waals surface area contributed by atoms with Crippen LogP contribution in [0.25, 0.3) is 11.1 Å². The molecule has 2 aromatic rings. The maximum Gasteiger partial charge on any atom is 0.137 e. The second kappa shape index (κ2) is 6.17. The lowest BCUT2D eigenvalue weighted by atomic mass is 9.79. The van der Waals surface area contributed by atoms with Gasteiger partial charge in [-0.25, -0.2) is 0 Å². The Labute approximate surface area is 142 Å². The molecule has 5 rings (SSSR count). The van der Waals surface area contributed by atoms with Crippen LogP contribution in [0.3, 0.4) is 0 Å². The summed E-state index contributed by atoms with van der Waals surface area (Å²) in [4.78, 5) is 2.60. The van der Waals surface area contributed by atoms with Crippen LogP contribution < -0.4 is 4.74 Å². The summed E-state index contributed by atoms with van der Waals surface area (Å²) in [6.45, 7) is 4.82. The van der Waals surface area contributed by atoms with Crippen LogP contribution in [-0.4, -0.2) is 41.4 Å². The zero-order valence-corrected chi connectivity index (χ0v) is 14.2. The number of hydrogen-bond acceptors (Lipinski definition) is 3. The van der Waals surface area contributed by atoms with E-state index in [-0.39, 0.29) is 0 Å². The van der Waals surface area contributed by atoms with E-state index in [0.29, 0.717) is 10.8 Å². The van der Waals surface area contributed by atoms with Gasteiger partial charge >= 0.3 is 0 Å². The van der Waals surface area contributed by atoms with Gasteiger partial charge in [0.05, 0.1) is 18.3 Å². The number of methoxy groups -OCH3 is 1. The van der Waals surface area contributed by atoms with Gasteiger partial charge in [-0.2, -0.15) is 5.10 Å². The molecule has 0 aliphatic carbocycles. The summed E-state index contributed by atoms with van der Waals surface area (Å²) in [5.74, 6) is 2.32. The molecule has 3 aliphatic rings. The highest BCUT2D eigenvalue weighted by Crippen LogP contribution is 2.34. The summed E-state index contributed by atoms with van der Waals surface area (Å²) >= 11 is 6.23. The van der Waals surface area contributed by atoms with Gasteiger partial charge in [0, 0.05) is 24.8 Å². The molecule has 2 bridgehead atoms. The third-order valence-electron chi connectivity index (χ3n) is 5.33. The minimum Gasteiger partial charge on any atom is -0.495 e. The van der Waals surface area contributed by atoms with Gasteiger partial charge in [0.2, 0.25) is 0 Å². The molecule has 0 spiro atoms. The van der Waals surface area contributed by atoms with Crippen LogP contribution in [0.4, 0.5) is 0 Å². The highest BCUT2D eigenvalue weighted by molar-refractivity contribution is 6.32. The zero-order valence-electron chi connectivity index (χ0n) is 13.4. The van der Waals surface area contributed by atoms with Crippen LogP contribution in [0.2, 0.25) is 5.02 Å². The normalized spacial score (nSPS) is 26.4. The Morgan fingerprint density at radius 2 is 2.09 bits per heavy atom. The lowest BCUT2D eigenvalue weighted by Gasteiger charge is -2.44. The van der Waals surface area contributed by atoms with Gasteiger partial charge in [-0.1, -0.05) is 17.7 Å². The van der Waals surface area contributed by atoms with Crippen molar-refractivity contribution < 1.29 is 4.74 Å². The van der Waals surface area contributed by atoms with Crippen LogP contribution in [0, 0.1) is 11.8 Å². The minimum atomic E-state index is 0.634. The van der Waals surface area contributed by atoms with E-state index in [1.54, 1.807) is 7.11 Å². The SMILES string of the molecule is COc1ccc(-c2cnn(CC3CN4CCC3CC4)c2)cc1Cl. The standard InChI is InChI=1S/C18H22ClN3O/c1-23-18-3-2-14(8-17(18)19)15-9-20-22(11-15)12-16-10-21-6-4-13(16)5-7-21/h2-3,8-9,11,13,16H,4-7,10,12H2,1H3. The van der Waals surface area contributed by atoms with Crippen molar-refractivity contribution in [2.24, 2.45) is 11.8 Å². The van der Waals surface area contributed by atoms with Gasteiger partial charge in [-0.3, -0.25) is 4.68 Å². The molecule has 0 radical (unpaired) electrons. The number of aromatic nitrogens is 2. The highest BCUT2D eigenvalue weighted by Gasteiger charge is 2.34. The number of rotatable bonds is 4. The molecule has 5 heteroatoms. The number of benzene rings is 1. The number of fused-ring (bicyclic) bond motifs is 3. The summed E-state index contributed by atoms with van der Waals surface area (Å²) in [5, 5.41) is 5.20. The Kier molecular flexibility index (Phi) is 4.04. The first-order valence-electron chi connectivity index (χ1n) is 8.31. The Hall–Kier alpha value is -1.52. The van der Waals surface area contributed by atoms with Crippen molar-refractivity contribution in [3.63, 3.8) is 0 Å². The van der Waals surface area contributed by atoms with Crippen LogP contribution in [-0.2, 0) is 6.54 Å². The summed E-state index contributed by atoms with van der Waals surface area (Å²) in [5.41, 5.74) is 2.19. The van der Waals surface area contributed by atoms with Gasteiger partial charge in [0.25, 0.3) is 0 Å². The van der Waals surface area contributed by atoms with E-state index in [9.17, 15) is 0 Å². The molecule has 1 aromatic carbocycles. The number of nitrogens with zero attached hydrogens (tertiary/aromatic N) is 3. The van der Waals surface area contributed by atoms with Gasteiger partial charge in [-0.15, -0.1) is 0 Å². The number of halogens is 1. The molecule has 0 N–H and O–H groups in total. The zero-order chi connectivity index (χ0) is 15.8. The molecule has 4 heterocycles. The monoisotopic (exact) mass is 331 g/mol. The van der Waals surface area contributed by atoms with Crippen molar-refractivity contribution in [2.75, 3.05) is 26.7 Å². The molecule has 3 aliphatic heterocycles. The number of piperidine rings is 3. The van der Waals surface area contributed by atoms with Gasteiger partial charge in [0.1, 0.15) is 5.75 Å². The largest absolute Gasteiger partial charge is 0.495 e. The van der Waals surface area contributed by atoms with Gasteiger partial charge in [0.15, 0.2) is 0 Å². The summed E-state index contributed by atoms with van der Waals surface area (Å²) < 4.78 is 7.31. The average molecular weight is 332 g/mol.